The van der Waals surface area contributed by atoms with Crippen molar-refractivity contribution in [2.75, 3.05) is 11.5 Å². The highest BCUT2D eigenvalue weighted by Gasteiger charge is 2.65. The lowest BCUT2D eigenvalue weighted by molar-refractivity contribution is 0.364. The van der Waals surface area contributed by atoms with Crippen LogP contribution in [0.2, 0.25) is 0 Å². The monoisotopic (exact) mass is 511 g/mol. The molecule has 0 amide bonds. The lowest BCUT2D eigenvalue weighted by Crippen LogP contribution is -2.05. The van der Waals surface area contributed by atoms with Crippen molar-refractivity contribution in [3.63, 3.8) is 0 Å². The van der Waals surface area contributed by atoms with Crippen molar-refractivity contribution in [1.29, 1.82) is 0 Å². The summed E-state index contributed by atoms with van der Waals surface area (Å²) in [4.78, 5) is 1.76. The minimum Gasteiger partial charge on any atom is -0.399 e. The van der Waals surface area contributed by atoms with Crippen molar-refractivity contribution in [2.45, 2.75) is 11.8 Å². The Morgan fingerprint density at radius 3 is 1.96 bits per heavy atom. The maximum Gasteiger partial charge on any atom is 0.310 e. The number of thiazole rings is 1. The van der Waals surface area contributed by atoms with E-state index in [1.807, 2.05) is 31.2 Å². The van der Waals surface area contributed by atoms with E-state index in [1.54, 1.807) is 0 Å². The first-order chi connectivity index (χ1) is 10.7. The maximum absolute atomic E-state index is 12.4. The number of aryl methyl sites for hydroxylation is 1. The molecule has 25 heavy (non-hydrogen) atoms. The average Bonchev–Trinajstić information content (AvgIpc) is 2.79. The van der Waals surface area contributed by atoms with Gasteiger partial charge >= 0.3 is 10.2 Å². The summed E-state index contributed by atoms with van der Waals surface area (Å²) in [6.07, 6.45) is 0. The highest BCUT2D eigenvalue weighted by molar-refractivity contribution is 14.0. The third kappa shape index (κ3) is 6.15. The van der Waals surface area contributed by atoms with Crippen LogP contribution in [0.4, 0.5) is 30.2 Å². The Labute approximate surface area is 162 Å². The molecule has 3 nitrogen and oxygen atoms in total. The van der Waals surface area contributed by atoms with E-state index >= 15 is 0 Å². The molecular formula is C14H15F5IN3S2. The predicted molar refractivity (Wildman–Crippen MR) is 106 cm³/mol. The fourth-order valence-corrected chi connectivity index (χ4v) is 3.24. The van der Waals surface area contributed by atoms with Gasteiger partial charge in [-0.25, -0.2) is 4.98 Å². The molecule has 0 saturated carbocycles. The first kappa shape index (κ1) is 21.7. The van der Waals surface area contributed by atoms with Gasteiger partial charge in [0.05, 0.1) is 10.2 Å². The summed E-state index contributed by atoms with van der Waals surface area (Å²) in [6, 6.07) is 9.37. The number of halogens is 6. The molecule has 2 aromatic carbocycles. The van der Waals surface area contributed by atoms with Gasteiger partial charge in [0, 0.05) is 5.69 Å². The molecule has 0 aliphatic rings. The molecule has 11 heteroatoms. The van der Waals surface area contributed by atoms with E-state index in [-0.39, 0.29) is 39.3 Å². The molecule has 140 valence electrons. The third-order valence-electron chi connectivity index (χ3n) is 2.90. The van der Waals surface area contributed by atoms with Crippen molar-refractivity contribution >= 4 is 66.6 Å². The van der Waals surface area contributed by atoms with E-state index in [9.17, 15) is 19.4 Å². The summed E-state index contributed by atoms with van der Waals surface area (Å²) in [5, 5.41) is 0.0364. The Bertz CT molecular complexity index is 859. The van der Waals surface area contributed by atoms with Crippen LogP contribution in [0.25, 0.3) is 10.2 Å². The number of nitrogens with two attached hydrogens (primary N) is 2. The standard InChI is InChI=1S/C7H5F5N2S2.C7H9N.HI/c8-16(9,10,11,12)4-1-2-5-6(3-4)15-7(13)14-5;1-6-2-4-7(8)5-3-6;/h1-3H,(H2,13,14);2-5H,8H2,1H3;1H. The van der Waals surface area contributed by atoms with Crippen molar-refractivity contribution in [1.82, 2.24) is 4.98 Å². The SMILES string of the molecule is Cc1ccc(N)cc1.I.Nc1nc2ccc(S(F)(F)(F)(F)F)cc2s1. The third-order valence-corrected chi connectivity index (χ3v) is 4.89. The van der Waals surface area contributed by atoms with Crippen LogP contribution in [0.3, 0.4) is 0 Å². The average molecular weight is 511 g/mol. The highest BCUT2D eigenvalue weighted by atomic mass is 127. The second-order valence-corrected chi connectivity index (χ2v) is 8.53. The van der Waals surface area contributed by atoms with Gasteiger partial charge in [-0.15, -0.1) is 24.0 Å². The molecule has 0 aliphatic heterocycles. The number of rotatable bonds is 1. The van der Waals surface area contributed by atoms with Crippen LogP contribution in [0.5, 0.6) is 0 Å². The van der Waals surface area contributed by atoms with Gasteiger partial charge in [0.1, 0.15) is 4.90 Å². The second kappa shape index (κ2) is 6.43. The molecule has 0 fully saturated rings. The van der Waals surface area contributed by atoms with Gasteiger partial charge < -0.3 is 11.5 Å². The molecule has 3 aromatic rings. The lowest BCUT2D eigenvalue weighted by atomic mass is 10.2. The molecule has 0 radical (unpaired) electrons. The Morgan fingerprint density at radius 2 is 1.48 bits per heavy atom. The number of hydrogen-bond donors (Lipinski definition) is 2. The molecule has 4 N–H and O–H groups in total. The van der Waals surface area contributed by atoms with Gasteiger partial charge in [-0.2, -0.15) is 0 Å². The van der Waals surface area contributed by atoms with Crippen LogP contribution < -0.4 is 11.5 Å². The van der Waals surface area contributed by atoms with Crippen LogP contribution in [-0.4, -0.2) is 4.98 Å². The van der Waals surface area contributed by atoms with Crippen molar-refractivity contribution in [3.8, 4) is 0 Å². The first-order valence-corrected chi connectivity index (χ1v) is 9.24. The minimum atomic E-state index is -9.61. The largest absolute Gasteiger partial charge is 0.399 e. The van der Waals surface area contributed by atoms with Gasteiger partial charge in [0.25, 0.3) is 0 Å². The number of hydrogen-bond acceptors (Lipinski definition) is 4. The predicted octanol–water partition coefficient (Wildman–Crippen LogP) is 6.73. The van der Waals surface area contributed by atoms with E-state index in [0.717, 1.165) is 23.1 Å². The molecule has 1 aromatic heterocycles. The van der Waals surface area contributed by atoms with Crippen molar-refractivity contribution in [2.24, 2.45) is 0 Å². The van der Waals surface area contributed by atoms with Crippen LogP contribution in [0.1, 0.15) is 5.56 Å². The summed E-state index contributed by atoms with van der Waals surface area (Å²) >= 11 is 0.732. The molecule has 3 rings (SSSR count). The summed E-state index contributed by atoms with van der Waals surface area (Å²) in [6.45, 7) is 2.04. The topological polar surface area (TPSA) is 64.9 Å². The van der Waals surface area contributed by atoms with Gasteiger partial charge in [-0.3, -0.25) is 0 Å². The number of benzene rings is 2. The van der Waals surface area contributed by atoms with Gasteiger partial charge in [0.15, 0.2) is 5.13 Å². The molecule has 0 unspecified atom stereocenters. The molecular weight excluding hydrogens is 496 g/mol. The molecule has 0 spiro atoms. The summed E-state index contributed by atoms with van der Waals surface area (Å²) < 4.78 is 62.2. The Kier molecular flexibility index (Phi) is 5.58. The minimum absolute atomic E-state index is 0. The van der Waals surface area contributed by atoms with E-state index in [2.05, 4.69) is 4.98 Å². The summed E-state index contributed by atoms with van der Waals surface area (Å²) in [7, 11) is -9.61. The van der Waals surface area contributed by atoms with Crippen LogP contribution in [0.15, 0.2) is 47.4 Å². The van der Waals surface area contributed by atoms with Crippen LogP contribution in [-0.2, 0) is 0 Å². The Hall–Kier alpha value is -1.34. The molecule has 0 atom stereocenters. The van der Waals surface area contributed by atoms with Gasteiger partial charge in [0.2, 0.25) is 0 Å². The number of aromatic nitrogens is 1. The fourth-order valence-electron chi connectivity index (χ4n) is 1.73. The maximum atomic E-state index is 12.4. The van der Waals surface area contributed by atoms with Crippen molar-refractivity contribution < 1.29 is 19.4 Å². The van der Waals surface area contributed by atoms with Gasteiger partial charge in [-0.1, -0.05) is 48.5 Å². The quantitative estimate of drug-likeness (QED) is 0.216. The smallest absolute Gasteiger partial charge is 0.310 e. The van der Waals surface area contributed by atoms with E-state index in [0.29, 0.717) is 12.1 Å². The zero-order valence-electron chi connectivity index (χ0n) is 12.8. The van der Waals surface area contributed by atoms with E-state index in [1.165, 1.54) is 5.56 Å². The zero-order valence-corrected chi connectivity index (χ0v) is 16.7. The van der Waals surface area contributed by atoms with E-state index < -0.39 is 15.1 Å². The van der Waals surface area contributed by atoms with Crippen LogP contribution in [0, 0.1) is 6.92 Å². The molecule has 0 aliphatic carbocycles. The number of anilines is 2. The number of nitrogens with zero attached hydrogens (tertiary/aromatic N) is 1. The van der Waals surface area contributed by atoms with Crippen molar-refractivity contribution in [3.05, 3.63) is 48.0 Å². The highest BCUT2D eigenvalue weighted by Crippen LogP contribution is 3.02. The number of fused-ring (bicyclic) bond motifs is 1. The van der Waals surface area contributed by atoms with E-state index in [4.69, 9.17) is 11.5 Å². The lowest BCUT2D eigenvalue weighted by Gasteiger charge is -2.40. The first-order valence-electron chi connectivity index (χ1n) is 6.47. The normalized spacial score (nSPS) is 13.8. The Morgan fingerprint density at radius 1 is 0.920 bits per heavy atom. The Balaban J connectivity index is 0.000000295. The summed E-state index contributed by atoms with van der Waals surface area (Å²) in [5.74, 6) is 0. The molecule has 1 heterocycles. The van der Waals surface area contributed by atoms with Crippen LogP contribution >= 0.6 is 45.5 Å². The second-order valence-electron chi connectivity index (χ2n) is 5.06. The number of nitrogen functional groups attached to an aromatic ring is 2. The fraction of sp³-hybridized carbons (Fsp3) is 0.0714. The zero-order chi connectivity index (χ0) is 18.2. The molecule has 0 saturated heterocycles. The molecule has 0 bridgehead atoms. The summed E-state index contributed by atoms with van der Waals surface area (Å²) in [5.41, 5.74) is 12.9. The van der Waals surface area contributed by atoms with Gasteiger partial charge in [-0.05, 0) is 37.3 Å².